The van der Waals surface area contributed by atoms with Crippen LogP contribution in [0.15, 0.2) is 47.5 Å². The summed E-state index contributed by atoms with van der Waals surface area (Å²) in [6.45, 7) is 4.10. The second-order valence-corrected chi connectivity index (χ2v) is 13.8. The standard InChI is InChI=1S/C30H46BClN8O9S/c1-17(27(42)38-24(6-4-5-14-33)28(43)37-19(3)31(46)47)36-30(45)26(18(2)41)39-29(44)25(13-15-34)40-50(48,49)22-11-12-23(35-16-22)20-7-9-21(32)10-8-20/h7-12,16-19,24-26,40-41,46-47H,4-6,13-15,33-34H2,1-3H3,(H,36,45)(H,37,43)(H,38,42)(H,39,44). The first-order chi connectivity index (χ1) is 23.5. The molecule has 0 aliphatic rings. The van der Waals surface area contributed by atoms with Crippen molar-refractivity contribution in [1.82, 2.24) is 31.0 Å². The Bertz CT molecular complexity index is 1540. The highest BCUT2D eigenvalue weighted by molar-refractivity contribution is 7.89. The minimum absolute atomic E-state index is 0.118. The summed E-state index contributed by atoms with van der Waals surface area (Å²) < 4.78 is 28.6. The summed E-state index contributed by atoms with van der Waals surface area (Å²) in [7, 11) is -6.15. The molecule has 276 valence electrons. The number of aliphatic hydroxyl groups excluding tert-OH is 1. The summed E-state index contributed by atoms with van der Waals surface area (Å²) in [5.41, 5.74) is 12.3. The number of hydrogen-bond acceptors (Lipinski definition) is 12. The number of aromatic nitrogens is 1. The van der Waals surface area contributed by atoms with Crippen LogP contribution < -0.4 is 37.5 Å². The third kappa shape index (κ3) is 13.2. The van der Waals surface area contributed by atoms with Crippen molar-refractivity contribution >= 4 is 52.4 Å². The number of nitrogens with one attached hydrogen (secondary N) is 5. The van der Waals surface area contributed by atoms with Crippen molar-refractivity contribution in [3.8, 4) is 11.3 Å². The maximum absolute atomic E-state index is 13.2. The Morgan fingerprint density at radius 1 is 0.820 bits per heavy atom. The predicted molar refractivity (Wildman–Crippen MR) is 186 cm³/mol. The van der Waals surface area contributed by atoms with Gasteiger partial charge in [0.05, 0.1) is 17.7 Å². The Hall–Kier alpha value is -3.69. The average molecular weight is 741 g/mol. The van der Waals surface area contributed by atoms with Crippen molar-refractivity contribution in [2.45, 2.75) is 87.6 Å². The molecule has 2 rings (SSSR count). The van der Waals surface area contributed by atoms with Gasteiger partial charge in [0.15, 0.2) is 0 Å². The van der Waals surface area contributed by atoms with E-state index in [2.05, 4.69) is 31.0 Å². The summed E-state index contributed by atoms with van der Waals surface area (Å²) in [4.78, 5) is 56.1. The van der Waals surface area contributed by atoms with Crippen LogP contribution in [0.4, 0.5) is 0 Å². The van der Waals surface area contributed by atoms with E-state index in [1.165, 1.54) is 32.9 Å². The Kier molecular flexibility index (Phi) is 17.2. The van der Waals surface area contributed by atoms with Gasteiger partial charge in [-0.15, -0.1) is 0 Å². The molecule has 0 spiro atoms. The quantitative estimate of drug-likeness (QED) is 0.0516. The van der Waals surface area contributed by atoms with Gasteiger partial charge < -0.3 is 47.9 Å². The molecule has 6 atom stereocenters. The lowest BCUT2D eigenvalue weighted by Crippen LogP contribution is -2.60. The molecule has 6 unspecified atom stereocenters. The average Bonchev–Trinajstić information content (AvgIpc) is 3.06. The van der Waals surface area contributed by atoms with Gasteiger partial charge >= 0.3 is 7.12 Å². The van der Waals surface area contributed by atoms with Crippen LogP contribution in [-0.4, -0.2) is 109 Å². The fraction of sp³-hybridized carbons (Fsp3) is 0.500. The molecule has 1 heterocycles. The third-order valence-corrected chi connectivity index (χ3v) is 9.18. The molecule has 1 aromatic carbocycles. The summed E-state index contributed by atoms with van der Waals surface area (Å²) in [6, 6.07) is 4.09. The largest absolute Gasteiger partial charge is 0.475 e. The molecule has 2 aromatic rings. The van der Waals surface area contributed by atoms with E-state index < -0.39 is 77.0 Å². The van der Waals surface area contributed by atoms with Crippen LogP contribution in [0.2, 0.25) is 5.02 Å². The normalized spacial score (nSPS) is 15.1. The molecule has 17 nitrogen and oxygen atoms in total. The number of unbranched alkanes of at least 4 members (excludes halogenated alkanes) is 1. The Labute approximate surface area is 296 Å². The second kappa shape index (κ2) is 20.2. The van der Waals surface area contributed by atoms with Gasteiger partial charge in [0.2, 0.25) is 33.7 Å². The van der Waals surface area contributed by atoms with Crippen LogP contribution in [-0.2, 0) is 29.2 Å². The molecule has 0 radical (unpaired) electrons. The number of hydrogen-bond donors (Lipinski definition) is 10. The molecule has 20 heteroatoms. The fourth-order valence-corrected chi connectivity index (χ4v) is 5.78. The smallest absolute Gasteiger partial charge is 0.426 e. The highest BCUT2D eigenvalue weighted by atomic mass is 35.5. The summed E-state index contributed by atoms with van der Waals surface area (Å²) in [6.07, 6.45) is 0.626. The van der Waals surface area contributed by atoms with Crippen LogP contribution in [0.25, 0.3) is 11.3 Å². The predicted octanol–water partition coefficient (Wildman–Crippen LogP) is -2.10. The van der Waals surface area contributed by atoms with E-state index in [0.717, 1.165) is 6.20 Å². The SMILES string of the molecule is CC(NC(=O)C(CCCCN)NC(=O)C(C)NC(=O)C(NC(=O)C(CCN)NS(=O)(=O)c1ccc(-c2ccc(Cl)cc2)nc1)C(C)O)B(O)O. The van der Waals surface area contributed by atoms with E-state index in [0.29, 0.717) is 35.7 Å². The minimum Gasteiger partial charge on any atom is -0.426 e. The molecular formula is C30H46BClN8O9S. The first kappa shape index (κ1) is 42.5. The Balaban J connectivity index is 2.12. The van der Waals surface area contributed by atoms with E-state index >= 15 is 0 Å². The molecule has 4 amide bonds. The van der Waals surface area contributed by atoms with Gasteiger partial charge in [-0.3, -0.25) is 24.2 Å². The number of pyridine rings is 1. The Morgan fingerprint density at radius 2 is 1.46 bits per heavy atom. The summed E-state index contributed by atoms with van der Waals surface area (Å²) >= 11 is 5.92. The number of benzene rings is 1. The van der Waals surface area contributed by atoms with E-state index in [-0.39, 0.29) is 24.3 Å². The molecule has 0 saturated heterocycles. The lowest BCUT2D eigenvalue weighted by Gasteiger charge is -2.26. The lowest BCUT2D eigenvalue weighted by atomic mass is 9.81. The highest BCUT2D eigenvalue weighted by Gasteiger charge is 2.33. The van der Waals surface area contributed by atoms with E-state index in [9.17, 15) is 42.8 Å². The van der Waals surface area contributed by atoms with Crippen LogP contribution in [0.3, 0.4) is 0 Å². The number of halogens is 1. The lowest BCUT2D eigenvalue weighted by molar-refractivity contribution is -0.135. The van der Waals surface area contributed by atoms with Crippen molar-refractivity contribution in [1.29, 1.82) is 0 Å². The molecule has 0 fully saturated rings. The van der Waals surface area contributed by atoms with Gasteiger partial charge in [-0.25, -0.2) is 8.42 Å². The molecule has 0 aliphatic heterocycles. The molecule has 12 N–H and O–H groups in total. The Morgan fingerprint density at radius 3 is 2.00 bits per heavy atom. The zero-order chi connectivity index (χ0) is 37.6. The van der Waals surface area contributed by atoms with E-state index in [1.807, 2.05) is 0 Å². The summed E-state index contributed by atoms with van der Waals surface area (Å²) in [5.74, 6) is -4.46. The van der Waals surface area contributed by atoms with Crippen molar-refractivity contribution in [2.75, 3.05) is 13.1 Å². The third-order valence-electron chi connectivity index (χ3n) is 7.47. The van der Waals surface area contributed by atoms with Crippen molar-refractivity contribution in [3.63, 3.8) is 0 Å². The molecule has 0 saturated carbocycles. The van der Waals surface area contributed by atoms with E-state index in [4.69, 9.17) is 23.1 Å². The van der Waals surface area contributed by atoms with Crippen molar-refractivity contribution in [3.05, 3.63) is 47.6 Å². The van der Waals surface area contributed by atoms with Crippen LogP contribution in [0, 0.1) is 0 Å². The number of carbonyl (C=O) groups excluding carboxylic acids is 4. The first-order valence-corrected chi connectivity index (χ1v) is 17.8. The monoisotopic (exact) mass is 740 g/mol. The van der Waals surface area contributed by atoms with Gasteiger partial charge in [-0.05, 0) is 83.8 Å². The molecule has 1 aromatic heterocycles. The van der Waals surface area contributed by atoms with Crippen molar-refractivity contribution < 1.29 is 42.8 Å². The van der Waals surface area contributed by atoms with Gasteiger partial charge in [-0.1, -0.05) is 23.7 Å². The van der Waals surface area contributed by atoms with Crippen LogP contribution in [0.5, 0.6) is 0 Å². The molecule has 0 aliphatic carbocycles. The second-order valence-electron chi connectivity index (χ2n) is 11.7. The zero-order valence-corrected chi connectivity index (χ0v) is 29.6. The molecule has 50 heavy (non-hydrogen) atoms. The maximum Gasteiger partial charge on any atom is 0.475 e. The highest BCUT2D eigenvalue weighted by Crippen LogP contribution is 2.21. The molecule has 0 bridgehead atoms. The maximum atomic E-state index is 13.2. The zero-order valence-electron chi connectivity index (χ0n) is 28.0. The number of sulfonamides is 1. The summed E-state index contributed by atoms with van der Waals surface area (Å²) in [5, 5.41) is 39.1. The number of nitrogens with two attached hydrogens (primary N) is 2. The van der Waals surface area contributed by atoms with E-state index in [1.54, 1.807) is 24.3 Å². The van der Waals surface area contributed by atoms with Gasteiger partial charge in [0.1, 0.15) is 29.1 Å². The van der Waals surface area contributed by atoms with Gasteiger partial charge in [0, 0.05) is 16.8 Å². The molecular weight excluding hydrogens is 695 g/mol. The number of amides is 4. The minimum atomic E-state index is -4.31. The van der Waals surface area contributed by atoms with Gasteiger partial charge in [-0.2, -0.15) is 4.72 Å². The van der Waals surface area contributed by atoms with Gasteiger partial charge in [0.25, 0.3) is 0 Å². The number of nitrogens with zero attached hydrogens (tertiary/aromatic N) is 1. The van der Waals surface area contributed by atoms with Crippen molar-refractivity contribution in [2.24, 2.45) is 11.5 Å². The van der Waals surface area contributed by atoms with Crippen LogP contribution in [0.1, 0.15) is 46.5 Å². The topological polar surface area (TPSA) is 288 Å². The first-order valence-electron chi connectivity index (χ1n) is 15.9. The number of carbonyl (C=O) groups is 4. The fourth-order valence-electron chi connectivity index (χ4n) is 4.48. The van der Waals surface area contributed by atoms with Crippen LogP contribution >= 0.6 is 11.6 Å². The number of rotatable bonds is 20. The number of aliphatic hydroxyl groups is 1.